The van der Waals surface area contributed by atoms with E-state index in [4.69, 9.17) is 15.2 Å². The smallest absolute Gasteiger partial charge is 0.348 e. The molecule has 0 aliphatic carbocycles. The summed E-state index contributed by atoms with van der Waals surface area (Å²) >= 11 is 0.940. The number of ether oxygens (including phenoxy) is 2. The van der Waals surface area contributed by atoms with E-state index in [0.717, 1.165) is 27.8 Å². The van der Waals surface area contributed by atoms with Gasteiger partial charge in [-0.15, -0.1) is 11.3 Å². The van der Waals surface area contributed by atoms with Crippen LogP contribution < -0.4 is 5.73 Å². The van der Waals surface area contributed by atoms with Crippen molar-refractivity contribution in [3.05, 3.63) is 64.2 Å². The molecule has 0 fully saturated rings. The lowest BCUT2D eigenvalue weighted by molar-refractivity contribution is -0.138. The van der Waals surface area contributed by atoms with Crippen molar-refractivity contribution in [2.45, 2.75) is 13.5 Å². The van der Waals surface area contributed by atoms with Gasteiger partial charge in [-0.25, -0.2) is 9.59 Å². The highest BCUT2D eigenvalue weighted by Crippen LogP contribution is 2.31. The van der Waals surface area contributed by atoms with Crippen LogP contribution in [-0.4, -0.2) is 23.5 Å². The minimum Gasteiger partial charge on any atom is -0.462 e. The van der Waals surface area contributed by atoms with Gasteiger partial charge in [0.2, 0.25) is 0 Å². The summed E-state index contributed by atoms with van der Waals surface area (Å²) in [5, 5.41) is 10.4. The van der Waals surface area contributed by atoms with Gasteiger partial charge in [0.1, 0.15) is 22.6 Å². The number of carbonyl (C=O) groups excluding carboxylic acids is 2. The molecule has 0 bridgehead atoms. The van der Waals surface area contributed by atoms with Crippen LogP contribution in [0.15, 0.2) is 42.6 Å². The topological polar surface area (TPSA) is 115 Å². The molecule has 1 aromatic carbocycles. The van der Waals surface area contributed by atoms with Gasteiger partial charge in [-0.2, -0.15) is 5.26 Å². The fourth-order valence-electron chi connectivity index (χ4n) is 2.72. The molecule has 0 atom stereocenters. The van der Waals surface area contributed by atoms with Crippen molar-refractivity contribution in [2.75, 3.05) is 12.3 Å². The summed E-state index contributed by atoms with van der Waals surface area (Å²) in [5.74, 6) is -1.23. The summed E-state index contributed by atoms with van der Waals surface area (Å²) in [6.07, 6.45) is 4.56. The van der Waals surface area contributed by atoms with Gasteiger partial charge in [-0.3, -0.25) is 4.98 Å². The normalized spacial score (nSPS) is 10.8. The number of fused-ring (bicyclic) bond motifs is 1. The summed E-state index contributed by atoms with van der Waals surface area (Å²) in [5.41, 5.74) is 7.71. The Hall–Kier alpha value is -3.70. The summed E-state index contributed by atoms with van der Waals surface area (Å²) in [6, 6.07) is 11.3. The van der Waals surface area contributed by atoms with Gasteiger partial charge in [0.15, 0.2) is 0 Å². The van der Waals surface area contributed by atoms with Gasteiger partial charge in [-0.1, -0.05) is 24.3 Å². The van der Waals surface area contributed by atoms with E-state index in [9.17, 15) is 14.9 Å². The second kappa shape index (κ2) is 8.99. The first-order valence-electron chi connectivity index (χ1n) is 8.72. The van der Waals surface area contributed by atoms with Gasteiger partial charge < -0.3 is 15.2 Å². The molecule has 0 saturated carbocycles. The van der Waals surface area contributed by atoms with Gasteiger partial charge in [-0.05, 0) is 19.1 Å². The highest BCUT2D eigenvalue weighted by Gasteiger charge is 2.23. The largest absolute Gasteiger partial charge is 0.462 e. The molecule has 146 valence electrons. The molecule has 0 aliphatic rings. The quantitative estimate of drug-likeness (QED) is 0.489. The molecule has 2 aromatic heterocycles. The minimum atomic E-state index is -0.624. The van der Waals surface area contributed by atoms with Crippen molar-refractivity contribution >= 4 is 45.3 Å². The second-order valence-electron chi connectivity index (χ2n) is 5.84. The van der Waals surface area contributed by atoms with Gasteiger partial charge >= 0.3 is 11.9 Å². The minimum absolute atomic E-state index is 0.119. The monoisotopic (exact) mass is 407 g/mol. The number of rotatable bonds is 6. The first kappa shape index (κ1) is 20.0. The van der Waals surface area contributed by atoms with E-state index >= 15 is 0 Å². The average Bonchev–Trinajstić information content (AvgIpc) is 3.06. The number of para-hydroxylation sites is 1. The van der Waals surface area contributed by atoms with Crippen LogP contribution in [0.3, 0.4) is 0 Å². The van der Waals surface area contributed by atoms with Crippen LogP contribution in [0, 0.1) is 11.3 Å². The van der Waals surface area contributed by atoms with Crippen molar-refractivity contribution in [1.82, 2.24) is 4.98 Å². The molecule has 0 saturated heterocycles. The summed E-state index contributed by atoms with van der Waals surface area (Å²) in [6.45, 7) is 1.59. The van der Waals surface area contributed by atoms with E-state index in [-0.39, 0.29) is 34.2 Å². The zero-order chi connectivity index (χ0) is 20.8. The molecule has 7 nitrogen and oxygen atoms in total. The van der Waals surface area contributed by atoms with Crippen LogP contribution in [0.4, 0.5) is 5.00 Å². The molecule has 2 heterocycles. The number of aromatic nitrogens is 1. The number of nitrogen functional groups attached to an aromatic ring is 1. The lowest BCUT2D eigenvalue weighted by atomic mass is 10.1. The van der Waals surface area contributed by atoms with Crippen molar-refractivity contribution < 1.29 is 19.1 Å². The number of esters is 2. The van der Waals surface area contributed by atoms with Crippen molar-refractivity contribution in [2.24, 2.45) is 0 Å². The number of nitrogens with two attached hydrogens (primary N) is 1. The molecule has 0 unspecified atom stereocenters. The number of benzene rings is 1. The Labute approximate surface area is 171 Å². The highest BCUT2D eigenvalue weighted by atomic mass is 32.1. The van der Waals surface area contributed by atoms with Crippen molar-refractivity contribution in [1.29, 1.82) is 5.26 Å². The van der Waals surface area contributed by atoms with Crippen LogP contribution in [0.2, 0.25) is 0 Å². The van der Waals surface area contributed by atoms with E-state index in [1.807, 2.05) is 36.4 Å². The molecular formula is C21H17N3O4S. The predicted octanol–water partition coefficient (Wildman–Crippen LogP) is 3.68. The van der Waals surface area contributed by atoms with E-state index in [1.54, 1.807) is 19.2 Å². The Bertz CT molecular complexity index is 1140. The zero-order valence-corrected chi connectivity index (χ0v) is 16.4. The highest BCUT2D eigenvalue weighted by molar-refractivity contribution is 7.18. The standard InChI is InChI=1S/C21H17N3O4S/c1-2-27-21(26)19-16(15(11-22)20(23)29-19)12-28-17(25)9-8-14-6-3-5-13-7-4-10-24-18(13)14/h3-10H,2,12,23H2,1H3/b9-8+. The molecule has 0 radical (unpaired) electrons. The van der Waals surface area contributed by atoms with Gasteiger partial charge in [0.25, 0.3) is 0 Å². The first-order chi connectivity index (χ1) is 14.0. The predicted molar refractivity (Wildman–Crippen MR) is 110 cm³/mol. The third kappa shape index (κ3) is 4.42. The average molecular weight is 407 g/mol. The van der Waals surface area contributed by atoms with E-state index < -0.39 is 11.9 Å². The summed E-state index contributed by atoms with van der Waals surface area (Å²) in [4.78, 5) is 28.8. The van der Waals surface area contributed by atoms with Crippen LogP contribution in [0.25, 0.3) is 17.0 Å². The number of hydrogen-bond acceptors (Lipinski definition) is 8. The third-order valence-electron chi connectivity index (χ3n) is 4.03. The van der Waals surface area contributed by atoms with Crippen LogP contribution in [-0.2, 0) is 20.9 Å². The molecule has 3 aromatic rings. The number of carbonyl (C=O) groups is 2. The maximum Gasteiger partial charge on any atom is 0.348 e. The molecule has 3 rings (SSSR count). The molecule has 0 aliphatic heterocycles. The zero-order valence-electron chi connectivity index (χ0n) is 15.5. The fourth-order valence-corrected chi connectivity index (χ4v) is 3.64. The molecule has 8 heteroatoms. The summed E-state index contributed by atoms with van der Waals surface area (Å²) in [7, 11) is 0. The molecular weight excluding hydrogens is 390 g/mol. The second-order valence-corrected chi connectivity index (χ2v) is 6.90. The molecule has 0 amide bonds. The number of hydrogen-bond donors (Lipinski definition) is 1. The van der Waals surface area contributed by atoms with E-state index in [1.165, 1.54) is 6.08 Å². The van der Waals surface area contributed by atoms with Gasteiger partial charge in [0.05, 0.1) is 17.7 Å². The van der Waals surface area contributed by atoms with Crippen molar-refractivity contribution in [3.8, 4) is 6.07 Å². The van der Waals surface area contributed by atoms with Crippen molar-refractivity contribution in [3.63, 3.8) is 0 Å². The lowest BCUT2D eigenvalue weighted by Gasteiger charge is -2.05. The number of thiophene rings is 1. The first-order valence-corrected chi connectivity index (χ1v) is 9.53. The SMILES string of the molecule is CCOC(=O)c1sc(N)c(C#N)c1COC(=O)/C=C/c1cccc2cccnc12. The molecule has 29 heavy (non-hydrogen) atoms. The summed E-state index contributed by atoms with van der Waals surface area (Å²) < 4.78 is 10.2. The lowest BCUT2D eigenvalue weighted by Crippen LogP contribution is -2.08. The maximum absolute atomic E-state index is 12.2. The fraction of sp³-hybridized carbons (Fsp3) is 0.143. The molecule has 2 N–H and O–H groups in total. The van der Waals surface area contributed by atoms with E-state index in [0.29, 0.717) is 0 Å². The van der Waals surface area contributed by atoms with Gasteiger partial charge in [0, 0.05) is 28.8 Å². The number of pyridine rings is 1. The Morgan fingerprint density at radius 2 is 2.07 bits per heavy atom. The maximum atomic E-state index is 12.2. The molecule has 0 spiro atoms. The van der Waals surface area contributed by atoms with Crippen LogP contribution >= 0.6 is 11.3 Å². The Balaban J connectivity index is 1.76. The number of anilines is 1. The Morgan fingerprint density at radius 1 is 1.28 bits per heavy atom. The Kier molecular flexibility index (Phi) is 6.22. The number of nitrogens with zero attached hydrogens (tertiary/aromatic N) is 2. The van der Waals surface area contributed by atoms with Crippen LogP contribution in [0.5, 0.6) is 0 Å². The number of nitriles is 1. The van der Waals surface area contributed by atoms with E-state index in [2.05, 4.69) is 4.98 Å². The van der Waals surface area contributed by atoms with Crippen LogP contribution in [0.1, 0.15) is 33.3 Å². The third-order valence-corrected chi connectivity index (χ3v) is 5.07. The Morgan fingerprint density at radius 3 is 2.83 bits per heavy atom.